The Morgan fingerprint density at radius 1 is 1.55 bits per heavy atom. The Bertz CT molecular complexity index is 298. The predicted molar refractivity (Wildman–Crippen MR) is 46.1 cm³/mol. The van der Waals surface area contributed by atoms with E-state index in [2.05, 4.69) is 15.9 Å². The zero-order valence-corrected chi connectivity index (χ0v) is 7.69. The summed E-state index contributed by atoms with van der Waals surface area (Å²) in [6.07, 6.45) is 0. The quantitative estimate of drug-likeness (QED) is 0.813. The van der Waals surface area contributed by atoms with Gasteiger partial charge in [0, 0.05) is 9.50 Å². The van der Waals surface area contributed by atoms with E-state index in [1.54, 1.807) is 6.07 Å². The predicted octanol–water partition coefficient (Wildman–Crippen LogP) is 2.80. The minimum Gasteiger partial charge on any atom is -0.478 e. The Morgan fingerprint density at radius 2 is 2.18 bits per heavy atom. The number of carboxylic acid groups (broad SMARTS) is 1. The van der Waals surface area contributed by atoms with Crippen molar-refractivity contribution >= 4 is 33.5 Å². The summed E-state index contributed by atoms with van der Waals surface area (Å²) in [5.74, 6) is -0.964. The van der Waals surface area contributed by atoms with E-state index in [0.717, 1.165) is 0 Å². The van der Waals surface area contributed by atoms with Crippen LogP contribution < -0.4 is 0 Å². The number of benzene rings is 1. The average Bonchev–Trinajstić information content (AvgIpc) is 1.85. The fraction of sp³-hybridized carbons (Fsp3) is 0. The molecule has 0 aliphatic rings. The van der Waals surface area contributed by atoms with Gasteiger partial charge in [-0.25, -0.2) is 4.79 Å². The molecular weight excluding hydrogens is 231 g/mol. The largest absolute Gasteiger partial charge is 0.478 e. The summed E-state index contributed by atoms with van der Waals surface area (Å²) >= 11 is 8.68. The molecule has 0 radical (unpaired) electrons. The SMILES string of the molecule is O=C(O)c1ccc(Cl)cc1Br. The Labute approximate surface area is 76.9 Å². The number of rotatable bonds is 1. The number of hydrogen-bond donors (Lipinski definition) is 1. The molecule has 0 bridgehead atoms. The lowest BCUT2D eigenvalue weighted by Crippen LogP contribution is -1.96. The van der Waals surface area contributed by atoms with Crippen molar-refractivity contribution in [1.82, 2.24) is 0 Å². The second-order valence-corrected chi connectivity index (χ2v) is 3.22. The van der Waals surface area contributed by atoms with Crippen molar-refractivity contribution in [3.8, 4) is 0 Å². The Kier molecular flexibility index (Phi) is 2.52. The minimum atomic E-state index is -0.964. The van der Waals surface area contributed by atoms with Crippen molar-refractivity contribution in [2.24, 2.45) is 0 Å². The first kappa shape index (κ1) is 8.56. The lowest BCUT2D eigenvalue weighted by atomic mass is 10.2. The van der Waals surface area contributed by atoms with Gasteiger partial charge in [0.05, 0.1) is 5.56 Å². The molecular formula is C7H4BrClO2. The van der Waals surface area contributed by atoms with E-state index in [4.69, 9.17) is 16.7 Å². The van der Waals surface area contributed by atoms with Crippen LogP contribution in [0.1, 0.15) is 10.4 Å². The van der Waals surface area contributed by atoms with Crippen molar-refractivity contribution in [2.45, 2.75) is 0 Å². The van der Waals surface area contributed by atoms with Crippen molar-refractivity contribution < 1.29 is 9.90 Å². The summed E-state index contributed by atoms with van der Waals surface area (Å²) in [6, 6.07) is 4.54. The summed E-state index contributed by atoms with van der Waals surface area (Å²) in [5, 5.41) is 9.10. The first-order valence-electron chi connectivity index (χ1n) is 2.79. The number of hydrogen-bond acceptors (Lipinski definition) is 1. The van der Waals surface area contributed by atoms with E-state index >= 15 is 0 Å². The second-order valence-electron chi connectivity index (χ2n) is 1.93. The molecule has 1 aromatic carbocycles. The zero-order chi connectivity index (χ0) is 8.43. The van der Waals surface area contributed by atoms with Gasteiger partial charge in [0.1, 0.15) is 0 Å². The van der Waals surface area contributed by atoms with Crippen LogP contribution in [0.25, 0.3) is 0 Å². The third-order valence-electron chi connectivity index (χ3n) is 1.16. The first-order valence-corrected chi connectivity index (χ1v) is 3.96. The van der Waals surface area contributed by atoms with Crippen LogP contribution in [0.2, 0.25) is 5.02 Å². The van der Waals surface area contributed by atoms with Gasteiger partial charge in [-0.2, -0.15) is 0 Å². The highest BCUT2D eigenvalue weighted by molar-refractivity contribution is 9.10. The Morgan fingerprint density at radius 3 is 2.64 bits per heavy atom. The van der Waals surface area contributed by atoms with E-state index < -0.39 is 5.97 Å². The molecule has 0 unspecified atom stereocenters. The molecule has 2 nitrogen and oxygen atoms in total. The van der Waals surface area contributed by atoms with Crippen LogP contribution in [-0.2, 0) is 0 Å². The summed E-state index contributed by atoms with van der Waals surface area (Å²) in [5.41, 5.74) is 0.217. The molecule has 0 aliphatic carbocycles. The lowest BCUT2D eigenvalue weighted by molar-refractivity contribution is 0.0696. The molecule has 0 fully saturated rings. The molecule has 0 heterocycles. The van der Waals surface area contributed by atoms with Crippen molar-refractivity contribution in [2.75, 3.05) is 0 Å². The van der Waals surface area contributed by atoms with Gasteiger partial charge in [0.25, 0.3) is 0 Å². The maximum absolute atomic E-state index is 10.5. The van der Waals surface area contributed by atoms with Crippen LogP contribution in [0.4, 0.5) is 0 Å². The summed E-state index contributed by atoms with van der Waals surface area (Å²) < 4.78 is 0.498. The van der Waals surface area contributed by atoms with Gasteiger partial charge in [0.2, 0.25) is 0 Å². The lowest BCUT2D eigenvalue weighted by Gasteiger charge is -1.97. The highest BCUT2D eigenvalue weighted by Crippen LogP contribution is 2.21. The standard InChI is InChI=1S/C7H4BrClO2/c8-6-3-4(9)1-2-5(6)7(10)11/h1-3H,(H,10,11). The highest BCUT2D eigenvalue weighted by Gasteiger charge is 2.06. The summed E-state index contributed by atoms with van der Waals surface area (Å²) in [6.45, 7) is 0. The molecule has 0 amide bonds. The third-order valence-corrected chi connectivity index (χ3v) is 2.05. The van der Waals surface area contributed by atoms with Gasteiger partial charge in [-0.1, -0.05) is 11.6 Å². The van der Waals surface area contributed by atoms with E-state index in [1.165, 1.54) is 12.1 Å². The Balaban J connectivity index is 3.20. The topological polar surface area (TPSA) is 37.3 Å². The first-order chi connectivity index (χ1) is 5.11. The van der Waals surface area contributed by atoms with Crippen LogP contribution >= 0.6 is 27.5 Å². The zero-order valence-electron chi connectivity index (χ0n) is 5.34. The van der Waals surface area contributed by atoms with E-state index in [1.807, 2.05) is 0 Å². The van der Waals surface area contributed by atoms with Crippen molar-refractivity contribution in [3.05, 3.63) is 33.3 Å². The summed E-state index contributed by atoms with van der Waals surface area (Å²) in [4.78, 5) is 10.5. The fourth-order valence-corrected chi connectivity index (χ4v) is 1.52. The molecule has 0 spiro atoms. The molecule has 0 atom stereocenters. The van der Waals surface area contributed by atoms with Crippen LogP contribution in [0.3, 0.4) is 0 Å². The van der Waals surface area contributed by atoms with E-state index in [-0.39, 0.29) is 5.56 Å². The Hall–Kier alpha value is -0.540. The molecule has 11 heavy (non-hydrogen) atoms. The molecule has 4 heteroatoms. The third kappa shape index (κ3) is 1.94. The smallest absolute Gasteiger partial charge is 0.336 e. The van der Waals surface area contributed by atoms with E-state index in [0.29, 0.717) is 9.50 Å². The molecule has 0 aromatic heterocycles. The number of carbonyl (C=O) groups is 1. The van der Waals surface area contributed by atoms with Gasteiger partial charge in [-0.15, -0.1) is 0 Å². The van der Waals surface area contributed by atoms with E-state index in [9.17, 15) is 4.79 Å². The maximum atomic E-state index is 10.5. The fourth-order valence-electron chi connectivity index (χ4n) is 0.663. The van der Waals surface area contributed by atoms with Crippen molar-refractivity contribution in [1.29, 1.82) is 0 Å². The molecule has 58 valence electrons. The van der Waals surface area contributed by atoms with Gasteiger partial charge >= 0.3 is 5.97 Å². The van der Waals surface area contributed by atoms with Crippen LogP contribution in [0.5, 0.6) is 0 Å². The van der Waals surface area contributed by atoms with Gasteiger partial charge in [-0.3, -0.25) is 0 Å². The van der Waals surface area contributed by atoms with Gasteiger partial charge in [0.15, 0.2) is 0 Å². The molecule has 0 saturated carbocycles. The molecule has 1 aromatic rings. The second kappa shape index (κ2) is 3.24. The average molecular weight is 235 g/mol. The van der Waals surface area contributed by atoms with Gasteiger partial charge in [-0.05, 0) is 34.1 Å². The summed E-state index contributed by atoms with van der Waals surface area (Å²) in [7, 11) is 0. The molecule has 0 aliphatic heterocycles. The highest BCUT2D eigenvalue weighted by atomic mass is 79.9. The number of halogens is 2. The van der Waals surface area contributed by atoms with Crippen molar-refractivity contribution in [3.63, 3.8) is 0 Å². The normalized spacial score (nSPS) is 9.64. The van der Waals surface area contributed by atoms with Crippen LogP contribution in [0, 0.1) is 0 Å². The maximum Gasteiger partial charge on any atom is 0.336 e. The molecule has 1 rings (SSSR count). The molecule has 0 saturated heterocycles. The van der Waals surface area contributed by atoms with Gasteiger partial charge < -0.3 is 5.11 Å². The van der Waals surface area contributed by atoms with Crippen LogP contribution in [-0.4, -0.2) is 11.1 Å². The number of carboxylic acids is 1. The minimum absolute atomic E-state index is 0.217. The monoisotopic (exact) mass is 234 g/mol. The van der Waals surface area contributed by atoms with Crippen LogP contribution in [0.15, 0.2) is 22.7 Å². The molecule has 1 N–H and O–H groups in total. The number of aromatic carboxylic acids is 1.